The second-order valence-corrected chi connectivity index (χ2v) is 9.39. The first kappa shape index (κ1) is 21.2. The van der Waals surface area contributed by atoms with Crippen molar-refractivity contribution in [2.75, 3.05) is 6.54 Å². The van der Waals surface area contributed by atoms with Crippen molar-refractivity contribution in [1.29, 1.82) is 0 Å². The largest absolute Gasteiger partial charge is 0.312 e. The number of nitrogens with zero attached hydrogens (tertiary/aromatic N) is 1. The van der Waals surface area contributed by atoms with Crippen LogP contribution in [-0.4, -0.2) is 41.7 Å². The van der Waals surface area contributed by atoms with E-state index in [1.807, 2.05) is 0 Å². The van der Waals surface area contributed by atoms with Gasteiger partial charge in [0.1, 0.15) is 0 Å². The maximum Gasteiger partial charge on any atom is 0.0545 e. The second-order valence-electron chi connectivity index (χ2n) is 9.39. The number of rotatable bonds is 1. The molecule has 5 atom stereocenters. The molecule has 2 saturated carbocycles. The molecule has 4 rings (SSSR count). The van der Waals surface area contributed by atoms with Crippen LogP contribution in [0, 0.1) is 0 Å². The van der Waals surface area contributed by atoms with Crippen LogP contribution in [-0.2, 0) is 13.1 Å². The van der Waals surface area contributed by atoms with Crippen LogP contribution in [0.5, 0.6) is 0 Å². The lowest BCUT2D eigenvalue weighted by Crippen LogP contribution is -2.54. The highest BCUT2D eigenvalue weighted by Gasteiger charge is 2.28. The number of aromatic nitrogens is 1. The zero-order chi connectivity index (χ0) is 19.9. The van der Waals surface area contributed by atoms with Crippen molar-refractivity contribution in [3.05, 3.63) is 29.6 Å². The molecule has 29 heavy (non-hydrogen) atoms. The molecule has 1 aliphatic heterocycles. The normalized spacial score (nSPS) is 34.7. The standard InChI is InChI=1S/C24H41N5/c1-2-18-14-15-25-21-10-3-4-11-22(21)26-16-19-8-7-9-20(28-19)17-27-23-12-5-6-13-24(23)29-18/h7-9,18,21-27,29H,2-6,10-17H2,1H3/t18?,21-,22-,23-,24-/m1/s1. The van der Waals surface area contributed by atoms with Crippen LogP contribution in [0.1, 0.15) is 82.5 Å². The maximum absolute atomic E-state index is 4.94. The van der Waals surface area contributed by atoms with Gasteiger partial charge in [-0.3, -0.25) is 4.98 Å². The average molecular weight is 400 g/mol. The Hall–Kier alpha value is -1.01. The van der Waals surface area contributed by atoms with Crippen LogP contribution in [0.25, 0.3) is 0 Å². The summed E-state index contributed by atoms with van der Waals surface area (Å²) in [6, 6.07) is 9.44. The molecule has 2 aliphatic carbocycles. The molecule has 0 amide bonds. The van der Waals surface area contributed by atoms with E-state index >= 15 is 0 Å². The van der Waals surface area contributed by atoms with Gasteiger partial charge in [-0.05, 0) is 57.2 Å². The van der Waals surface area contributed by atoms with Crippen LogP contribution in [0.15, 0.2) is 18.2 Å². The van der Waals surface area contributed by atoms with Gasteiger partial charge in [0.2, 0.25) is 0 Å². The van der Waals surface area contributed by atoms with Gasteiger partial charge in [0.15, 0.2) is 0 Å². The Morgan fingerprint density at radius 2 is 1.31 bits per heavy atom. The molecular weight excluding hydrogens is 358 g/mol. The van der Waals surface area contributed by atoms with E-state index in [1.54, 1.807) is 0 Å². The summed E-state index contributed by atoms with van der Waals surface area (Å²) in [5.41, 5.74) is 2.34. The number of hydrogen-bond acceptors (Lipinski definition) is 5. The Balaban J connectivity index is 1.49. The van der Waals surface area contributed by atoms with Crippen LogP contribution >= 0.6 is 0 Å². The van der Waals surface area contributed by atoms with E-state index in [-0.39, 0.29) is 0 Å². The van der Waals surface area contributed by atoms with Gasteiger partial charge in [0, 0.05) is 43.3 Å². The van der Waals surface area contributed by atoms with Crippen LogP contribution < -0.4 is 21.3 Å². The fourth-order valence-corrected chi connectivity index (χ4v) is 5.54. The highest BCUT2D eigenvalue weighted by molar-refractivity contribution is 5.12. The monoisotopic (exact) mass is 399 g/mol. The lowest BCUT2D eigenvalue weighted by Gasteiger charge is -2.37. The topological polar surface area (TPSA) is 61.0 Å². The molecule has 2 fully saturated rings. The van der Waals surface area contributed by atoms with Gasteiger partial charge in [-0.15, -0.1) is 0 Å². The molecule has 162 valence electrons. The fraction of sp³-hybridized carbons (Fsp3) is 0.792. The van der Waals surface area contributed by atoms with Gasteiger partial charge in [0.25, 0.3) is 0 Å². The van der Waals surface area contributed by atoms with E-state index < -0.39 is 0 Å². The lowest BCUT2D eigenvalue weighted by molar-refractivity contribution is 0.244. The van der Waals surface area contributed by atoms with Gasteiger partial charge in [-0.1, -0.05) is 38.7 Å². The summed E-state index contributed by atoms with van der Waals surface area (Å²) >= 11 is 0. The molecule has 1 unspecified atom stereocenters. The van der Waals surface area contributed by atoms with Crippen molar-refractivity contribution >= 4 is 0 Å². The molecule has 1 aromatic heterocycles. The molecule has 2 heterocycles. The molecule has 2 bridgehead atoms. The van der Waals surface area contributed by atoms with Crippen molar-refractivity contribution in [1.82, 2.24) is 26.3 Å². The smallest absolute Gasteiger partial charge is 0.0545 e. The molecule has 5 nitrogen and oxygen atoms in total. The van der Waals surface area contributed by atoms with Crippen LogP contribution in [0.4, 0.5) is 0 Å². The van der Waals surface area contributed by atoms with Crippen molar-refractivity contribution in [3.8, 4) is 0 Å². The van der Waals surface area contributed by atoms with E-state index in [1.165, 1.54) is 75.6 Å². The molecule has 5 heteroatoms. The van der Waals surface area contributed by atoms with Crippen molar-refractivity contribution in [2.45, 2.75) is 114 Å². The summed E-state index contributed by atoms with van der Waals surface area (Å²) in [7, 11) is 0. The van der Waals surface area contributed by atoms with Crippen molar-refractivity contribution in [2.24, 2.45) is 0 Å². The third kappa shape index (κ3) is 6.00. The summed E-state index contributed by atoms with van der Waals surface area (Å²) in [5, 5.41) is 15.6. The van der Waals surface area contributed by atoms with E-state index in [4.69, 9.17) is 4.98 Å². The number of hydrogen-bond donors (Lipinski definition) is 4. The fourth-order valence-electron chi connectivity index (χ4n) is 5.54. The van der Waals surface area contributed by atoms with E-state index in [2.05, 4.69) is 46.4 Å². The van der Waals surface area contributed by atoms with Crippen LogP contribution in [0.3, 0.4) is 0 Å². The molecule has 0 saturated heterocycles. The molecule has 4 N–H and O–H groups in total. The minimum Gasteiger partial charge on any atom is -0.312 e. The van der Waals surface area contributed by atoms with Crippen LogP contribution in [0.2, 0.25) is 0 Å². The van der Waals surface area contributed by atoms with Gasteiger partial charge < -0.3 is 21.3 Å². The number of nitrogens with one attached hydrogen (secondary N) is 4. The SMILES string of the molecule is CCC1CCN[C@@H]2CCCC[C@H]2NCc2cccc(n2)CN[C@@H]2CCCC[C@H]2N1. The second kappa shape index (κ2) is 10.9. The van der Waals surface area contributed by atoms with Crippen molar-refractivity contribution < 1.29 is 0 Å². The quantitative estimate of drug-likeness (QED) is 0.584. The average Bonchev–Trinajstić information content (AvgIpc) is 2.77. The summed E-state index contributed by atoms with van der Waals surface area (Å²) < 4.78 is 0. The predicted octanol–water partition coefficient (Wildman–Crippen LogP) is 3.24. The third-order valence-electron chi connectivity index (χ3n) is 7.33. The summed E-state index contributed by atoms with van der Waals surface area (Å²) in [5.74, 6) is 0. The minimum absolute atomic E-state index is 0.560. The Morgan fingerprint density at radius 1 is 0.759 bits per heavy atom. The van der Waals surface area contributed by atoms with E-state index in [9.17, 15) is 0 Å². The minimum atomic E-state index is 0.560. The zero-order valence-corrected chi connectivity index (χ0v) is 18.3. The van der Waals surface area contributed by atoms with Gasteiger partial charge in [0.05, 0.1) is 11.4 Å². The Morgan fingerprint density at radius 3 is 1.93 bits per heavy atom. The van der Waals surface area contributed by atoms with Gasteiger partial charge in [-0.25, -0.2) is 0 Å². The highest BCUT2D eigenvalue weighted by Crippen LogP contribution is 2.22. The first-order valence-corrected chi connectivity index (χ1v) is 12.2. The van der Waals surface area contributed by atoms with Gasteiger partial charge >= 0.3 is 0 Å². The number of fused-ring (bicyclic) bond motifs is 4. The summed E-state index contributed by atoms with van der Waals surface area (Å²) in [6.45, 7) is 5.21. The van der Waals surface area contributed by atoms with E-state index in [0.717, 1.165) is 19.6 Å². The Kier molecular flexibility index (Phi) is 7.94. The first-order chi connectivity index (χ1) is 14.3. The lowest BCUT2D eigenvalue weighted by atomic mass is 9.88. The van der Waals surface area contributed by atoms with E-state index in [0.29, 0.717) is 30.2 Å². The third-order valence-corrected chi connectivity index (χ3v) is 7.33. The summed E-state index contributed by atoms with van der Waals surface area (Å²) in [6.07, 6.45) is 13.0. The first-order valence-electron chi connectivity index (χ1n) is 12.2. The highest BCUT2D eigenvalue weighted by atomic mass is 15.1. The predicted molar refractivity (Wildman–Crippen MR) is 120 cm³/mol. The zero-order valence-electron chi connectivity index (χ0n) is 18.3. The molecule has 0 spiro atoms. The molecule has 1 aromatic rings. The number of pyridine rings is 1. The molecule has 0 aromatic carbocycles. The Labute approximate surface area is 177 Å². The van der Waals surface area contributed by atoms with Gasteiger partial charge in [-0.2, -0.15) is 0 Å². The summed E-state index contributed by atoms with van der Waals surface area (Å²) in [4.78, 5) is 4.94. The van der Waals surface area contributed by atoms with Crippen molar-refractivity contribution in [3.63, 3.8) is 0 Å². The maximum atomic E-state index is 4.94. The molecule has 3 aliphatic rings. The molecule has 0 radical (unpaired) electrons. The molecular formula is C24H41N5. The Bertz CT molecular complexity index is 621.